The lowest BCUT2D eigenvalue weighted by Gasteiger charge is -2.26. The normalized spacial score (nSPS) is 16.3. The second-order valence-corrected chi connectivity index (χ2v) is 11.9. The number of likely N-dealkylation sites (tertiary alicyclic amines) is 2. The van der Waals surface area contributed by atoms with Crippen LogP contribution in [0, 0.1) is 0 Å². The maximum atomic E-state index is 12.9. The maximum absolute atomic E-state index is 12.9. The van der Waals surface area contributed by atoms with Crippen LogP contribution >= 0.6 is 11.6 Å². The molecule has 2 aliphatic heterocycles. The van der Waals surface area contributed by atoms with Gasteiger partial charge in [0.05, 0.1) is 12.1 Å². The van der Waals surface area contributed by atoms with E-state index in [1.807, 2.05) is 42.5 Å². The molecule has 3 aromatic rings. The Balaban J connectivity index is 1.23. The zero-order valence-electron chi connectivity index (χ0n) is 24.4. The van der Waals surface area contributed by atoms with Gasteiger partial charge in [-0.1, -0.05) is 24.4 Å². The Bertz CT molecular complexity index is 1350. The Hall–Kier alpha value is -3.20. The quantitative estimate of drug-likeness (QED) is 0.178. The molecule has 0 bridgehead atoms. The van der Waals surface area contributed by atoms with Crippen molar-refractivity contribution in [2.75, 3.05) is 49.9 Å². The molecule has 0 saturated carbocycles. The van der Waals surface area contributed by atoms with Crippen molar-refractivity contribution in [1.82, 2.24) is 14.8 Å². The molecule has 0 spiro atoms. The number of rotatable bonds is 12. The summed E-state index contributed by atoms with van der Waals surface area (Å²) in [6.07, 6.45) is 11.4. The second-order valence-electron chi connectivity index (χ2n) is 11.5. The summed E-state index contributed by atoms with van der Waals surface area (Å²) in [6.45, 7) is 5.82. The molecule has 5 rings (SSSR count). The molecule has 0 unspecified atom stereocenters. The summed E-state index contributed by atoms with van der Waals surface area (Å²) in [6, 6.07) is 13.2. The second kappa shape index (κ2) is 15.3. The number of ether oxygens (including phenoxy) is 1. The van der Waals surface area contributed by atoms with Gasteiger partial charge in [0.2, 0.25) is 5.91 Å². The Labute approximate surface area is 253 Å². The summed E-state index contributed by atoms with van der Waals surface area (Å²) in [4.78, 5) is 34.6. The highest BCUT2D eigenvalue weighted by molar-refractivity contribution is 6.31. The molecule has 0 radical (unpaired) electrons. The fourth-order valence-electron chi connectivity index (χ4n) is 5.85. The van der Waals surface area contributed by atoms with Crippen molar-refractivity contribution >= 4 is 51.4 Å². The lowest BCUT2D eigenvalue weighted by atomic mass is 10.1. The van der Waals surface area contributed by atoms with E-state index >= 15 is 0 Å². The molecular formula is C33H42ClN5O3. The number of unbranched alkanes of at least 4 members (excludes halogenated alkanes) is 1. The van der Waals surface area contributed by atoms with E-state index in [9.17, 15) is 9.59 Å². The van der Waals surface area contributed by atoms with Crippen LogP contribution < -0.4 is 10.6 Å². The molecule has 0 atom stereocenters. The molecule has 1 amide bonds. The molecule has 2 aliphatic rings. The van der Waals surface area contributed by atoms with Gasteiger partial charge in [-0.15, -0.1) is 0 Å². The fraction of sp³-hybridized carbons (Fsp3) is 0.485. The number of nitrogens with zero attached hydrogens (tertiary/aromatic N) is 3. The first-order chi connectivity index (χ1) is 20.5. The SMILES string of the molecule is O=C(CN1CCCCC1)Nc1cc(COC(=O)CCCCN2CCCCC2)cc(Nc2ccnc3cc(Cl)ccc23)c1. The number of halogens is 1. The van der Waals surface area contributed by atoms with Crippen LogP contribution in [0.25, 0.3) is 10.9 Å². The van der Waals surface area contributed by atoms with Crippen LogP contribution in [0.3, 0.4) is 0 Å². The molecule has 3 heterocycles. The molecule has 1 aromatic heterocycles. The highest BCUT2D eigenvalue weighted by atomic mass is 35.5. The molecule has 2 fully saturated rings. The first kappa shape index (κ1) is 30.3. The van der Waals surface area contributed by atoms with Gasteiger partial charge < -0.3 is 20.3 Å². The number of piperidine rings is 2. The van der Waals surface area contributed by atoms with Crippen LogP contribution in [0.5, 0.6) is 0 Å². The van der Waals surface area contributed by atoms with Crippen molar-refractivity contribution < 1.29 is 14.3 Å². The molecule has 2 saturated heterocycles. The number of pyridine rings is 1. The highest BCUT2D eigenvalue weighted by Crippen LogP contribution is 2.29. The maximum Gasteiger partial charge on any atom is 0.306 e. The predicted molar refractivity (Wildman–Crippen MR) is 169 cm³/mol. The molecule has 0 aliphatic carbocycles. The van der Waals surface area contributed by atoms with Gasteiger partial charge in [0.25, 0.3) is 0 Å². The topological polar surface area (TPSA) is 86.8 Å². The number of hydrogen-bond acceptors (Lipinski definition) is 7. The smallest absolute Gasteiger partial charge is 0.306 e. The fourth-order valence-corrected chi connectivity index (χ4v) is 6.02. The first-order valence-corrected chi connectivity index (χ1v) is 15.7. The van der Waals surface area contributed by atoms with Crippen molar-refractivity contribution in [3.63, 3.8) is 0 Å². The summed E-state index contributed by atoms with van der Waals surface area (Å²) < 4.78 is 5.66. The number of benzene rings is 2. The lowest BCUT2D eigenvalue weighted by Crippen LogP contribution is -2.36. The third kappa shape index (κ3) is 9.15. The first-order valence-electron chi connectivity index (χ1n) is 15.4. The number of hydrogen-bond donors (Lipinski definition) is 2. The third-order valence-electron chi connectivity index (χ3n) is 8.03. The van der Waals surface area contributed by atoms with E-state index in [2.05, 4.69) is 25.4 Å². The summed E-state index contributed by atoms with van der Waals surface area (Å²) in [7, 11) is 0. The zero-order chi connectivity index (χ0) is 29.1. The molecule has 2 N–H and O–H groups in total. The minimum absolute atomic E-state index is 0.0466. The molecule has 8 nitrogen and oxygen atoms in total. The number of carbonyl (C=O) groups excluding carboxylic acids is 2. The molecule has 9 heteroatoms. The number of carbonyl (C=O) groups is 2. The number of nitrogens with one attached hydrogen (secondary N) is 2. The van der Waals surface area contributed by atoms with Crippen molar-refractivity contribution in [3.8, 4) is 0 Å². The van der Waals surface area contributed by atoms with Crippen LogP contribution in [0.15, 0.2) is 48.7 Å². The van der Waals surface area contributed by atoms with Crippen LogP contribution in [-0.2, 0) is 20.9 Å². The number of aromatic nitrogens is 1. The Morgan fingerprint density at radius 3 is 2.38 bits per heavy atom. The average molecular weight is 592 g/mol. The minimum Gasteiger partial charge on any atom is -0.461 e. The summed E-state index contributed by atoms with van der Waals surface area (Å²) in [5.74, 6) is -0.241. The van der Waals surface area contributed by atoms with Crippen LogP contribution in [-0.4, -0.2) is 65.9 Å². The van der Waals surface area contributed by atoms with Crippen LogP contribution in [0.4, 0.5) is 17.1 Å². The molecular weight excluding hydrogens is 550 g/mol. The van der Waals surface area contributed by atoms with Gasteiger partial charge in [-0.25, -0.2) is 0 Å². The van der Waals surface area contributed by atoms with Gasteiger partial charge in [0, 0.05) is 40.1 Å². The van der Waals surface area contributed by atoms with Crippen LogP contribution in [0.2, 0.25) is 5.02 Å². The number of amides is 1. The van der Waals surface area contributed by atoms with E-state index in [0.717, 1.165) is 73.2 Å². The van der Waals surface area contributed by atoms with E-state index in [4.69, 9.17) is 16.3 Å². The predicted octanol–water partition coefficient (Wildman–Crippen LogP) is 6.76. The van der Waals surface area contributed by atoms with E-state index in [0.29, 0.717) is 23.7 Å². The number of esters is 1. The Kier molecular flexibility index (Phi) is 11.0. The standard InChI is InChI=1S/C33H42ClN5O3/c34-26-10-11-29-30(12-13-35-31(29)21-26)36-27-19-25(20-28(22-27)37-32(40)23-39-17-6-2-7-18-39)24-42-33(41)9-3-8-16-38-14-4-1-5-15-38/h10-13,19-22H,1-9,14-18,23-24H2,(H,35,36)(H,37,40). The van der Waals surface area contributed by atoms with Crippen molar-refractivity contribution in [2.24, 2.45) is 0 Å². The van der Waals surface area contributed by atoms with Gasteiger partial charge >= 0.3 is 5.97 Å². The van der Waals surface area contributed by atoms with Crippen molar-refractivity contribution in [1.29, 1.82) is 0 Å². The van der Waals surface area contributed by atoms with Gasteiger partial charge in [-0.2, -0.15) is 0 Å². The molecule has 42 heavy (non-hydrogen) atoms. The summed E-state index contributed by atoms with van der Waals surface area (Å²) in [5, 5.41) is 8.09. The van der Waals surface area contributed by atoms with Crippen LogP contribution in [0.1, 0.15) is 63.4 Å². The Morgan fingerprint density at radius 2 is 1.60 bits per heavy atom. The third-order valence-corrected chi connectivity index (χ3v) is 8.27. The monoisotopic (exact) mass is 591 g/mol. The van der Waals surface area contributed by atoms with Gasteiger partial charge in [0.1, 0.15) is 6.61 Å². The molecule has 224 valence electrons. The number of anilines is 3. The molecule has 2 aromatic carbocycles. The zero-order valence-corrected chi connectivity index (χ0v) is 25.1. The van der Waals surface area contributed by atoms with Crippen molar-refractivity contribution in [3.05, 3.63) is 59.2 Å². The van der Waals surface area contributed by atoms with E-state index in [1.54, 1.807) is 6.20 Å². The van der Waals surface area contributed by atoms with E-state index in [-0.39, 0.29) is 18.5 Å². The van der Waals surface area contributed by atoms with Crippen molar-refractivity contribution in [2.45, 2.75) is 64.4 Å². The van der Waals surface area contributed by atoms with Gasteiger partial charge in [0.15, 0.2) is 0 Å². The summed E-state index contributed by atoms with van der Waals surface area (Å²) in [5.41, 5.74) is 3.89. The van der Waals surface area contributed by atoms with E-state index in [1.165, 1.54) is 38.8 Å². The van der Waals surface area contributed by atoms with Gasteiger partial charge in [-0.3, -0.25) is 19.5 Å². The Morgan fingerprint density at radius 1 is 0.857 bits per heavy atom. The minimum atomic E-state index is -0.195. The number of fused-ring (bicyclic) bond motifs is 1. The van der Waals surface area contributed by atoms with E-state index < -0.39 is 0 Å². The summed E-state index contributed by atoms with van der Waals surface area (Å²) >= 11 is 6.18. The largest absolute Gasteiger partial charge is 0.461 e. The van der Waals surface area contributed by atoms with Gasteiger partial charge in [-0.05, 0) is 119 Å². The lowest BCUT2D eigenvalue weighted by molar-refractivity contribution is -0.145. The highest BCUT2D eigenvalue weighted by Gasteiger charge is 2.15. The average Bonchev–Trinajstić information content (AvgIpc) is 2.99.